The van der Waals surface area contributed by atoms with Crippen LogP contribution in [-0.4, -0.2) is 23.2 Å². The fraction of sp³-hybridized carbons (Fsp3) is 0.0667. The Hall–Kier alpha value is -3.42. The molecule has 1 aromatic heterocycles. The number of aromatic nitrogens is 1. The summed E-state index contributed by atoms with van der Waals surface area (Å²) in [5.74, 6) is 0.468. The molecule has 0 aliphatic rings. The molecule has 1 aromatic carbocycles. The van der Waals surface area contributed by atoms with Gasteiger partial charge in [-0.25, -0.2) is 4.98 Å². The molecule has 0 aliphatic heterocycles. The molecule has 0 atom stereocenters. The lowest BCUT2D eigenvalue weighted by Crippen LogP contribution is -2.03. The number of rotatable bonds is 5. The molecule has 0 aliphatic carbocycles. The lowest BCUT2D eigenvalue weighted by molar-refractivity contribution is -0.386. The van der Waals surface area contributed by atoms with E-state index in [1.807, 2.05) is 0 Å². The van der Waals surface area contributed by atoms with E-state index in [-0.39, 0.29) is 17.1 Å². The Balaban J connectivity index is 2.51. The third-order valence-corrected chi connectivity index (χ3v) is 2.90. The van der Waals surface area contributed by atoms with Gasteiger partial charge in [-0.2, -0.15) is 0 Å². The van der Waals surface area contributed by atoms with Gasteiger partial charge in [0.2, 0.25) is 5.75 Å². The maximum Gasteiger partial charge on any atom is 0.337 e. The van der Waals surface area contributed by atoms with Crippen LogP contribution in [0.15, 0.2) is 47.7 Å². The first-order valence-corrected chi connectivity index (χ1v) is 6.58. The number of hydrogen-bond acceptors (Lipinski definition) is 7. The van der Waals surface area contributed by atoms with E-state index in [4.69, 9.17) is 16.2 Å². The fourth-order valence-corrected chi connectivity index (χ4v) is 1.89. The van der Waals surface area contributed by atoms with Crippen LogP contribution in [0.1, 0.15) is 5.69 Å². The number of allylic oxidation sites excluding steroid dienone is 1. The highest BCUT2D eigenvalue weighted by molar-refractivity contribution is 6.10. The van der Waals surface area contributed by atoms with Gasteiger partial charge in [0.15, 0.2) is 5.69 Å². The van der Waals surface area contributed by atoms with Crippen molar-refractivity contribution in [3.05, 3.63) is 58.5 Å². The average Bonchev–Trinajstić information content (AvgIpc) is 2.54. The molecule has 118 valence electrons. The van der Waals surface area contributed by atoms with Gasteiger partial charge in [0.25, 0.3) is 0 Å². The van der Waals surface area contributed by atoms with Crippen molar-refractivity contribution in [3.63, 3.8) is 0 Å². The number of ether oxygens (including phenoxy) is 1. The second kappa shape index (κ2) is 7.03. The summed E-state index contributed by atoms with van der Waals surface area (Å²) in [6, 6.07) is 7.92. The summed E-state index contributed by atoms with van der Waals surface area (Å²) in [6.07, 6.45) is 4.00. The van der Waals surface area contributed by atoms with Crippen molar-refractivity contribution in [1.82, 2.24) is 4.98 Å². The van der Waals surface area contributed by atoms with Gasteiger partial charge < -0.3 is 16.2 Å². The van der Waals surface area contributed by atoms with Crippen LogP contribution in [0, 0.1) is 10.1 Å². The van der Waals surface area contributed by atoms with Crippen molar-refractivity contribution in [2.75, 3.05) is 12.8 Å². The first-order valence-electron chi connectivity index (χ1n) is 6.58. The van der Waals surface area contributed by atoms with Crippen molar-refractivity contribution in [2.45, 2.75) is 0 Å². The van der Waals surface area contributed by atoms with Gasteiger partial charge >= 0.3 is 5.69 Å². The quantitative estimate of drug-likeness (QED) is 0.377. The monoisotopic (exact) mass is 313 g/mol. The Labute approximate surface area is 132 Å². The Kier molecular flexibility index (Phi) is 4.88. The molecular formula is C15H15N5O3. The van der Waals surface area contributed by atoms with Crippen LogP contribution in [0.3, 0.4) is 0 Å². The highest BCUT2D eigenvalue weighted by Gasteiger charge is 2.24. The number of aliphatic imine (C=N–C) groups is 1. The predicted octanol–water partition coefficient (Wildman–Crippen LogP) is 2.36. The normalized spacial score (nSPS) is 11.6. The summed E-state index contributed by atoms with van der Waals surface area (Å²) in [5.41, 5.74) is 11.8. The number of hydrogen-bond donors (Lipinski definition) is 2. The minimum Gasteiger partial charge on any atom is -0.450 e. The van der Waals surface area contributed by atoms with Crippen LogP contribution in [0.2, 0.25) is 0 Å². The minimum atomic E-state index is -0.567. The van der Waals surface area contributed by atoms with Gasteiger partial charge in [-0.3, -0.25) is 15.1 Å². The summed E-state index contributed by atoms with van der Waals surface area (Å²) in [6.45, 7) is 0. The van der Waals surface area contributed by atoms with Gasteiger partial charge in [-0.1, -0.05) is 0 Å². The summed E-state index contributed by atoms with van der Waals surface area (Å²) in [5, 5.41) is 11.5. The first kappa shape index (κ1) is 16.0. The minimum absolute atomic E-state index is 0.0497. The molecule has 8 nitrogen and oxygen atoms in total. The summed E-state index contributed by atoms with van der Waals surface area (Å²) in [4.78, 5) is 18.7. The van der Waals surface area contributed by atoms with Gasteiger partial charge in [0.1, 0.15) is 5.75 Å². The van der Waals surface area contributed by atoms with E-state index in [0.29, 0.717) is 17.0 Å². The molecule has 0 bridgehead atoms. The van der Waals surface area contributed by atoms with E-state index >= 15 is 0 Å². The van der Waals surface area contributed by atoms with E-state index in [2.05, 4.69) is 9.98 Å². The topological polar surface area (TPSA) is 130 Å². The van der Waals surface area contributed by atoms with Crippen molar-refractivity contribution >= 4 is 23.2 Å². The van der Waals surface area contributed by atoms with Crippen LogP contribution >= 0.6 is 0 Å². The highest BCUT2D eigenvalue weighted by Crippen LogP contribution is 2.35. The average molecular weight is 313 g/mol. The summed E-state index contributed by atoms with van der Waals surface area (Å²) in [7, 11) is 1.53. The van der Waals surface area contributed by atoms with Crippen molar-refractivity contribution < 1.29 is 9.66 Å². The van der Waals surface area contributed by atoms with E-state index in [1.165, 1.54) is 31.7 Å². The van der Waals surface area contributed by atoms with Crippen molar-refractivity contribution in [3.8, 4) is 11.5 Å². The largest absolute Gasteiger partial charge is 0.450 e. The number of benzene rings is 1. The zero-order valence-electron chi connectivity index (χ0n) is 12.3. The van der Waals surface area contributed by atoms with Crippen LogP contribution in [-0.2, 0) is 0 Å². The molecular weight excluding hydrogens is 298 g/mol. The number of nitrogens with two attached hydrogens (primary N) is 2. The number of nitro groups is 1. The molecule has 0 unspecified atom stereocenters. The van der Waals surface area contributed by atoms with Gasteiger partial charge in [0, 0.05) is 43.0 Å². The van der Waals surface area contributed by atoms with Crippen molar-refractivity contribution in [2.24, 2.45) is 10.7 Å². The molecule has 0 fully saturated rings. The number of nitrogen functional groups attached to an aromatic ring is 1. The summed E-state index contributed by atoms with van der Waals surface area (Å²) >= 11 is 0. The number of nitrogens with zero attached hydrogens (tertiary/aromatic N) is 3. The Morgan fingerprint density at radius 3 is 2.61 bits per heavy atom. The molecule has 8 heteroatoms. The third kappa shape index (κ3) is 3.62. The summed E-state index contributed by atoms with van der Waals surface area (Å²) < 4.78 is 5.59. The van der Waals surface area contributed by atoms with Crippen LogP contribution < -0.4 is 16.2 Å². The first-order chi connectivity index (χ1) is 11.1. The second-order valence-corrected chi connectivity index (χ2v) is 4.44. The lowest BCUT2D eigenvalue weighted by Gasteiger charge is -2.09. The second-order valence-electron chi connectivity index (χ2n) is 4.44. The van der Waals surface area contributed by atoms with Crippen molar-refractivity contribution in [1.29, 1.82) is 0 Å². The molecule has 4 N–H and O–H groups in total. The Morgan fingerprint density at radius 2 is 2.04 bits per heavy atom. The van der Waals surface area contributed by atoms with Crippen LogP contribution in [0.5, 0.6) is 11.5 Å². The lowest BCUT2D eigenvalue weighted by atomic mass is 10.1. The zero-order valence-corrected chi connectivity index (χ0v) is 12.3. The number of pyridine rings is 1. The smallest absolute Gasteiger partial charge is 0.337 e. The fourth-order valence-electron chi connectivity index (χ4n) is 1.89. The zero-order chi connectivity index (χ0) is 16.8. The molecule has 0 saturated heterocycles. The van der Waals surface area contributed by atoms with Gasteiger partial charge in [0.05, 0.1) is 4.92 Å². The Morgan fingerprint density at radius 1 is 1.35 bits per heavy atom. The Bertz CT molecular complexity index is 769. The van der Waals surface area contributed by atoms with Crippen LogP contribution in [0.25, 0.3) is 5.57 Å². The molecule has 0 spiro atoms. The van der Waals surface area contributed by atoms with E-state index < -0.39 is 4.92 Å². The maximum absolute atomic E-state index is 11.5. The molecule has 0 saturated carbocycles. The van der Waals surface area contributed by atoms with E-state index in [1.54, 1.807) is 24.3 Å². The van der Waals surface area contributed by atoms with Crippen LogP contribution in [0.4, 0.5) is 11.4 Å². The number of anilines is 1. The molecule has 23 heavy (non-hydrogen) atoms. The molecule has 0 radical (unpaired) electrons. The molecule has 0 amide bonds. The molecule has 2 aromatic rings. The van der Waals surface area contributed by atoms with E-state index in [0.717, 1.165) is 0 Å². The predicted molar refractivity (Wildman–Crippen MR) is 88.4 cm³/mol. The molecule has 2 rings (SSSR count). The standard InChI is InChI=1S/C15H15N5O3/c1-18-9-10(8-16)14-15(20(21)22)13(6-7-19-14)23-12-4-2-11(17)3-5-12/h2-9H,16-17H2,1H3. The third-order valence-electron chi connectivity index (χ3n) is 2.90. The maximum atomic E-state index is 11.5. The van der Waals surface area contributed by atoms with E-state index in [9.17, 15) is 10.1 Å². The molecule has 1 heterocycles. The SMILES string of the molecule is CN=CC(=CN)c1nccc(Oc2ccc(N)cc2)c1[N+](=O)[O-]. The highest BCUT2D eigenvalue weighted by atomic mass is 16.6. The van der Waals surface area contributed by atoms with Gasteiger partial charge in [-0.05, 0) is 24.3 Å². The van der Waals surface area contributed by atoms with Gasteiger partial charge in [-0.15, -0.1) is 0 Å².